The fourth-order valence-electron chi connectivity index (χ4n) is 1.77. The summed E-state index contributed by atoms with van der Waals surface area (Å²) >= 11 is 0. The minimum absolute atomic E-state index is 0.121. The van der Waals surface area contributed by atoms with E-state index in [0.717, 1.165) is 0 Å². The Kier molecular flexibility index (Phi) is 3.50. The zero-order valence-electron chi connectivity index (χ0n) is 10.2. The van der Waals surface area contributed by atoms with E-state index in [1.807, 2.05) is 0 Å². The molecule has 0 saturated carbocycles. The zero-order chi connectivity index (χ0) is 14.0. The summed E-state index contributed by atoms with van der Waals surface area (Å²) < 4.78 is 39.5. The highest BCUT2D eigenvalue weighted by Crippen LogP contribution is 2.29. The van der Waals surface area contributed by atoms with Gasteiger partial charge in [-0.05, 0) is 18.6 Å². The summed E-state index contributed by atoms with van der Waals surface area (Å²) in [6.07, 6.45) is -4.07. The highest BCUT2D eigenvalue weighted by molar-refractivity contribution is 5.78. The number of fused-ring (bicyclic) bond motifs is 1. The van der Waals surface area contributed by atoms with Crippen LogP contribution in [0, 0.1) is 0 Å². The minimum atomic E-state index is -4.64. The highest BCUT2D eigenvalue weighted by atomic mass is 19.4. The van der Waals surface area contributed by atoms with Gasteiger partial charge in [0.1, 0.15) is 6.61 Å². The number of halogens is 3. The average molecular weight is 271 g/mol. The normalized spacial score (nSPS) is 11.8. The average Bonchev–Trinajstić information content (AvgIpc) is 2.36. The molecule has 0 radical (unpaired) electrons. The van der Waals surface area contributed by atoms with Crippen LogP contribution in [0.15, 0.2) is 35.1 Å². The van der Waals surface area contributed by atoms with Crippen molar-refractivity contribution >= 4 is 10.9 Å². The molecule has 19 heavy (non-hydrogen) atoms. The number of benzene rings is 1. The molecule has 0 spiro atoms. The number of pyridine rings is 1. The predicted molar refractivity (Wildman–Crippen MR) is 64.9 cm³/mol. The fraction of sp³-hybridized carbons (Fsp3) is 0.308. The number of hydrogen-bond donors (Lipinski definition) is 0. The van der Waals surface area contributed by atoms with Crippen molar-refractivity contribution in [3.63, 3.8) is 0 Å². The molecule has 0 aliphatic heterocycles. The minimum Gasteiger partial charge on any atom is -0.413 e. The lowest BCUT2D eigenvalue weighted by atomic mass is 10.2. The van der Waals surface area contributed by atoms with E-state index in [9.17, 15) is 18.0 Å². The van der Waals surface area contributed by atoms with Gasteiger partial charge in [-0.2, -0.15) is 17.9 Å². The fourth-order valence-corrected chi connectivity index (χ4v) is 1.77. The molecule has 0 fully saturated rings. The lowest BCUT2D eigenvalue weighted by Crippen LogP contribution is -2.26. The molecular weight excluding hydrogens is 259 g/mol. The molecule has 3 nitrogen and oxygen atoms in total. The SMILES string of the molecule is CCCOn1c(C(F)(F)F)cc(=O)c2ccccc21. The van der Waals surface area contributed by atoms with Crippen LogP contribution in [0.3, 0.4) is 0 Å². The van der Waals surface area contributed by atoms with Crippen molar-refractivity contribution in [2.75, 3.05) is 6.61 Å². The molecule has 6 heteroatoms. The molecule has 0 bridgehead atoms. The van der Waals surface area contributed by atoms with Crippen LogP contribution in [0.5, 0.6) is 0 Å². The second-order valence-electron chi connectivity index (χ2n) is 4.04. The van der Waals surface area contributed by atoms with Gasteiger partial charge < -0.3 is 4.84 Å². The molecule has 0 aliphatic carbocycles. The molecular formula is C13H12F3NO2. The van der Waals surface area contributed by atoms with Crippen LogP contribution in [0.2, 0.25) is 0 Å². The largest absolute Gasteiger partial charge is 0.434 e. The summed E-state index contributed by atoms with van der Waals surface area (Å²) in [7, 11) is 0. The van der Waals surface area contributed by atoms with Crippen molar-refractivity contribution in [2.45, 2.75) is 19.5 Å². The van der Waals surface area contributed by atoms with E-state index in [4.69, 9.17) is 4.84 Å². The van der Waals surface area contributed by atoms with E-state index in [0.29, 0.717) is 17.2 Å². The summed E-state index contributed by atoms with van der Waals surface area (Å²) in [6, 6.07) is 6.64. The molecule has 1 aromatic heterocycles. The Morgan fingerprint density at radius 2 is 1.95 bits per heavy atom. The number of hydrogen-bond acceptors (Lipinski definition) is 2. The van der Waals surface area contributed by atoms with Gasteiger partial charge in [-0.3, -0.25) is 4.79 Å². The van der Waals surface area contributed by atoms with E-state index in [2.05, 4.69) is 0 Å². The van der Waals surface area contributed by atoms with E-state index in [-0.39, 0.29) is 17.5 Å². The topological polar surface area (TPSA) is 31.2 Å². The number of nitrogens with zero attached hydrogens (tertiary/aromatic N) is 1. The van der Waals surface area contributed by atoms with Crippen molar-refractivity contribution in [1.82, 2.24) is 4.73 Å². The van der Waals surface area contributed by atoms with Gasteiger partial charge in [0, 0.05) is 11.5 Å². The van der Waals surface area contributed by atoms with Gasteiger partial charge in [0.05, 0.1) is 5.52 Å². The van der Waals surface area contributed by atoms with Gasteiger partial charge in [-0.25, -0.2) is 0 Å². The Morgan fingerprint density at radius 3 is 2.58 bits per heavy atom. The highest BCUT2D eigenvalue weighted by Gasteiger charge is 2.36. The van der Waals surface area contributed by atoms with Crippen LogP contribution in [0.1, 0.15) is 19.0 Å². The van der Waals surface area contributed by atoms with Crippen LogP contribution in [-0.2, 0) is 6.18 Å². The summed E-state index contributed by atoms with van der Waals surface area (Å²) in [5.74, 6) is 0. The van der Waals surface area contributed by atoms with Crippen LogP contribution in [0.4, 0.5) is 13.2 Å². The third-order valence-corrected chi connectivity index (χ3v) is 2.59. The number of alkyl halides is 3. The Morgan fingerprint density at radius 1 is 1.26 bits per heavy atom. The summed E-state index contributed by atoms with van der Waals surface area (Å²) in [4.78, 5) is 16.8. The maximum absolute atomic E-state index is 12.9. The molecule has 0 atom stereocenters. The Balaban J connectivity index is 2.77. The van der Waals surface area contributed by atoms with E-state index in [1.165, 1.54) is 12.1 Å². The smallest absolute Gasteiger partial charge is 0.413 e. The van der Waals surface area contributed by atoms with Crippen LogP contribution >= 0.6 is 0 Å². The molecule has 2 rings (SSSR count). The van der Waals surface area contributed by atoms with E-state index >= 15 is 0 Å². The summed E-state index contributed by atoms with van der Waals surface area (Å²) in [6.45, 7) is 1.92. The standard InChI is InChI=1S/C13H12F3NO2/c1-2-7-19-17-10-6-4-3-5-9(10)11(18)8-12(17)13(14,15)16/h3-6,8H,2,7H2,1H3. The lowest BCUT2D eigenvalue weighted by Gasteiger charge is -2.18. The molecule has 0 aliphatic rings. The second-order valence-corrected chi connectivity index (χ2v) is 4.04. The first kappa shape index (κ1) is 13.5. The summed E-state index contributed by atoms with van der Waals surface area (Å²) in [5, 5.41) is 0.201. The molecule has 102 valence electrons. The van der Waals surface area contributed by atoms with Crippen molar-refractivity contribution in [3.05, 3.63) is 46.2 Å². The maximum atomic E-state index is 12.9. The van der Waals surface area contributed by atoms with Gasteiger partial charge in [0.25, 0.3) is 0 Å². The second kappa shape index (κ2) is 4.95. The quantitative estimate of drug-likeness (QED) is 0.859. The van der Waals surface area contributed by atoms with Crippen LogP contribution in [0.25, 0.3) is 10.9 Å². The molecule has 0 unspecified atom stereocenters. The van der Waals surface area contributed by atoms with Gasteiger partial charge in [-0.1, -0.05) is 19.1 Å². The molecule has 2 aromatic rings. The number of para-hydroxylation sites is 1. The van der Waals surface area contributed by atoms with Crippen molar-refractivity contribution in [3.8, 4) is 0 Å². The molecule has 1 aromatic carbocycles. The zero-order valence-corrected chi connectivity index (χ0v) is 10.2. The van der Waals surface area contributed by atoms with Gasteiger partial charge in [0.15, 0.2) is 11.1 Å². The first-order valence-corrected chi connectivity index (χ1v) is 5.80. The van der Waals surface area contributed by atoms with Crippen LogP contribution in [-0.4, -0.2) is 11.3 Å². The third-order valence-electron chi connectivity index (χ3n) is 2.59. The van der Waals surface area contributed by atoms with Crippen molar-refractivity contribution < 1.29 is 18.0 Å². The Labute approximate surface area is 107 Å². The van der Waals surface area contributed by atoms with Gasteiger partial charge in [0.2, 0.25) is 0 Å². The monoisotopic (exact) mass is 271 g/mol. The molecule has 1 heterocycles. The molecule has 0 saturated heterocycles. The summed E-state index contributed by atoms with van der Waals surface area (Å²) in [5.41, 5.74) is -1.64. The van der Waals surface area contributed by atoms with E-state index < -0.39 is 17.3 Å². The first-order chi connectivity index (χ1) is 8.95. The van der Waals surface area contributed by atoms with E-state index in [1.54, 1.807) is 19.1 Å². The van der Waals surface area contributed by atoms with Crippen LogP contribution < -0.4 is 10.3 Å². The number of aromatic nitrogens is 1. The Hall–Kier alpha value is -1.98. The predicted octanol–water partition coefficient (Wildman–Crippen LogP) is 2.86. The van der Waals surface area contributed by atoms with Gasteiger partial charge in [-0.15, -0.1) is 0 Å². The first-order valence-electron chi connectivity index (χ1n) is 5.80. The number of rotatable bonds is 3. The van der Waals surface area contributed by atoms with Crippen molar-refractivity contribution in [1.29, 1.82) is 0 Å². The molecule has 0 N–H and O–H groups in total. The molecule has 0 amide bonds. The van der Waals surface area contributed by atoms with Gasteiger partial charge >= 0.3 is 6.18 Å². The third kappa shape index (κ3) is 2.57. The lowest BCUT2D eigenvalue weighted by molar-refractivity contribution is -0.151. The Bertz CT molecular complexity index is 646. The van der Waals surface area contributed by atoms with Crippen molar-refractivity contribution in [2.24, 2.45) is 0 Å². The maximum Gasteiger partial charge on any atom is 0.434 e.